The molecule has 1 amide bonds. The van der Waals surface area contributed by atoms with Gasteiger partial charge < -0.3 is 16.2 Å². The van der Waals surface area contributed by atoms with Crippen molar-refractivity contribution in [2.75, 3.05) is 26.2 Å². The normalized spacial score (nSPS) is 24.8. The van der Waals surface area contributed by atoms with Crippen LogP contribution in [0.3, 0.4) is 0 Å². The largest absolute Gasteiger partial charge is 0.481 e. The Balaban J connectivity index is 2.14. The zero-order valence-corrected chi connectivity index (χ0v) is 10.9. The van der Waals surface area contributed by atoms with E-state index in [1.54, 1.807) is 0 Å². The van der Waals surface area contributed by atoms with E-state index in [-0.39, 0.29) is 18.4 Å². The summed E-state index contributed by atoms with van der Waals surface area (Å²) in [5.41, 5.74) is 5.92. The molecule has 4 N–H and O–H groups in total. The molecule has 0 aliphatic carbocycles. The maximum atomic E-state index is 11.6. The Kier molecular flexibility index (Phi) is 6.07. The van der Waals surface area contributed by atoms with Crippen molar-refractivity contribution in [3.63, 3.8) is 0 Å². The first-order valence-corrected chi connectivity index (χ1v) is 6.45. The molecule has 0 bridgehead atoms. The zero-order valence-electron chi connectivity index (χ0n) is 10.9. The standard InChI is InChI=1S/C12H23N3O3/c1-9-7-15(6-4-10(9)13)8-11(16)14-5-2-3-12(17)18/h9-10H,2-8,13H2,1H3,(H,14,16)(H,17,18). The molecule has 0 aromatic carbocycles. The molecule has 0 spiro atoms. The van der Waals surface area contributed by atoms with Crippen LogP contribution in [-0.4, -0.2) is 54.1 Å². The molecule has 0 radical (unpaired) electrons. The number of nitrogens with zero attached hydrogens (tertiary/aromatic N) is 1. The predicted octanol–water partition coefficient (Wildman–Crippen LogP) is -0.363. The predicted molar refractivity (Wildman–Crippen MR) is 68.1 cm³/mol. The Morgan fingerprint density at radius 3 is 2.83 bits per heavy atom. The molecule has 6 nitrogen and oxygen atoms in total. The van der Waals surface area contributed by atoms with Gasteiger partial charge in [-0.15, -0.1) is 0 Å². The number of piperidine rings is 1. The van der Waals surface area contributed by atoms with E-state index in [9.17, 15) is 9.59 Å². The first-order valence-electron chi connectivity index (χ1n) is 6.45. The summed E-state index contributed by atoms with van der Waals surface area (Å²) < 4.78 is 0. The lowest BCUT2D eigenvalue weighted by molar-refractivity contribution is -0.137. The molecule has 104 valence electrons. The van der Waals surface area contributed by atoms with Crippen LogP contribution in [0.25, 0.3) is 0 Å². The summed E-state index contributed by atoms with van der Waals surface area (Å²) in [5.74, 6) is -0.454. The van der Waals surface area contributed by atoms with Crippen LogP contribution >= 0.6 is 0 Å². The lowest BCUT2D eigenvalue weighted by Crippen LogP contribution is -2.49. The molecule has 2 unspecified atom stereocenters. The van der Waals surface area contributed by atoms with E-state index in [0.717, 1.165) is 19.5 Å². The van der Waals surface area contributed by atoms with Crippen LogP contribution in [0.1, 0.15) is 26.2 Å². The van der Waals surface area contributed by atoms with Crippen LogP contribution in [0, 0.1) is 5.92 Å². The monoisotopic (exact) mass is 257 g/mol. The summed E-state index contributed by atoms with van der Waals surface area (Å²) >= 11 is 0. The van der Waals surface area contributed by atoms with Crippen LogP contribution in [0.5, 0.6) is 0 Å². The third-order valence-electron chi connectivity index (χ3n) is 3.31. The first kappa shape index (κ1) is 14.9. The Hall–Kier alpha value is -1.14. The van der Waals surface area contributed by atoms with Gasteiger partial charge in [-0.05, 0) is 18.8 Å². The van der Waals surface area contributed by atoms with Gasteiger partial charge in [0.25, 0.3) is 0 Å². The first-order chi connectivity index (χ1) is 8.49. The van der Waals surface area contributed by atoms with Crippen LogP contribution in [0.4, 0.5) is 0 Å². The number of carbonyl (C=O) groups excluding carboxylic acids is 1. The van der Waals surface area contributed by atoms with E-state index in [2.05, 4.69) is 17.1 Å². The molecule has 6 heteroatoms. The Bertz CT molecular complexity index is 296. The van der Waals surface area contributed by atoms with Crippen molar-refractivity contribution in [3.05, 3.63) is 0 Å². The highest BCUT2D eigenvalue weighted by Gasteiger charge is 2.24. The van der Waals surface area contributed by atoms with Gasteiger partial charge in [0, 0.05) is 32.1 Å². The molecule has 1 aliphatic heterocycles. The molecule has 1 saturated heterocycles. The molecule has 0 aromatic heterocycles. The molecule has 0 aromatic rings. The lowest BCUT2D eigenvalue weighted by Gasteiger charge is -2.34. The molecular formula is C12H23N3O3. The SMILES string of the molecule is CC1CN(CC(=O)NCCCC(=O)O)CCC1N. The number of hydrogen-bond donors (Lipinski definition) is 3. The second kappa shape index (κ2) is 7.33. The van der Waals surface area contributed by atoms with Crippen LogP contribution in [0.15, 0.2) is 0 Å². The van der Waals surface area contributed by atoms with E-state index in [4.69, 9.17) is 10.8 Å². The number of nitrogens with one attached hydrogen (secondary N) is 1. The molecule has 1 fully saturated rings. The molecule has 2 atom stereocenters. The summed E-state index contributed by atoms with van der Waals surface area (Å²) in [6.07, 6.45) is 1.49. The van der Waals surface area contributed by atoms with E-state index < -0.39 is 5.97 Å². The minimum atomic E-state index is -0.830. The van der Waals surface area contributed by atoms with Gasteiger partial charge >= 0.3 is 5.97 Å². The van der Waals surface area contributed by atoms with Gasteiger partial charge in [0.2, 0.25) is 5.91 Å². The number of hydrogen-bond acceptors (Lipinski definition) is 4. The quantitative estimate of drug-likeness (QED) is 0.565. The smallest absolute Gasteiger partial charge is 0.303 e. The topological polar surface area (TPSA) is 95.7 Å². The highest BCUT2D eigenvalue weighted by atomic mass is 16.4. The van der Waals surface area contributed by atoms with Crippen LogP contribution in [-0.2, 0) is 9.59 Å². The minimum absolute atomic E-state index is 0.0388. The molecular weight excluding hydrogens is 234 g/mol. The number of amides is 1. The summed E-state index contributed by atoms with van der Waals surface area (Å²) in [5, 5.41) is 11.2. The number of carboxylic acids is 1. The van der Waals surface area contributed by atoms with Crippen molar-refractivity contribution in [3.8, 4) is 0 Å². The number of nitrogens with two attached hydrogens (primary N) is 1. The van der Waals surface area contributed by atoms with Crippen LogP contribution in [0.2, 0.25) is 0 Å². The summed E-state index contributed by atoms with van der Waals surface area (Å²) in [4.78, 5) is 24.0. The fourth-order valence-electron chi connectivity index (χ4n) is 2.12. The summed E-state index contributed by atoms with van der Waals surface area (Å²) in [6, 6.07) is 0.236. The van der Waals surface area contributed by atoms with Gasteiger partial charge in [-0.2, -0.15) is 0 Å². The second-order valence-electron chi connectivity index (χ2n) is 5.01. The molecule has 1 rings (SSSR count). The molecule has 1 aliphatic rings. The van der Waals surface area contributed by atoms with Crippen molar-refractivity contribution in [2.24, 2.45) is 11.7 Å². The van der Waals surface area contributed by atoms with Crippen molar-refractivity contribution in [1.29, 1.82) is 0 Å². The fraction of sp³-hybridized carbons (Fsp3) is 0.833. The van der Waals surface area contributed by atoms with E-state index in [0.29, 0.717) is 25.4 Å². The minimum Gasteiger partial charge on any atom is -0.481 e. The lowest BCUT2D eigenvalue weighted by atomic mass is 9.95. The fourth-order valence-corrected chi connectivity index (χ4v) is 2.12. The maximum Gasteiger partial charge on any atom is 0.303 e. The second-order valence-corrected chi connectivity index (χ2v) is 5.01. The van der Waals surface area contributed by atoms with Gasteiger partial charge in [-0.3, -0.25) is 14.5 Å². The van der Waals surface area contributed by atoms with E-state index in [1.807, 2.05) is 0 Å². The summed E-state index contributed by atoms with van der Waals surface area (Å²) in [6.45, 7) is 4.61. The average molecular weight is 257 g/mol. The number of carbonyl (C=O) groups is 2. The number of carboxylic acid groups (broad SMARTS) is 1. The number of rotatable bonds is 6. The Morgan fingerprint density at radius 1 is 1.50 bits per heavy atom. The third-order valence-corrected chi connectivity index (χ3v) is 3.31. The summed E-state index contributed by atoms with van der Waals surface area (Å²) in [7, 11) is 0. The Morgan fingerprint density at radius 2 is 2.22 bits per heavy atom. The Labute approximate surface area is 108 Å². The molecule has 18 heavy (non-hydrogen) atoms. The van der Waals surface area contributed by atoms with Gasteiger partial charge in [0.15, 0.2) is 0 Å². The maximum absolute atomic E-state index is 11.6. The van der Waals surface area contributed by atoms with Crippen molar-refractivity contribution >= 4 is 11.9 Å². The molecule has 1 heterocycles. The number of aliphatic carboxylic acids is 1. The van der Waals surface area contributed by atoms with Crippen molar-refractivity contribution in [1.82, 2.24) is 10.2 Å². The van der Waals surface area contributed by atoms with E-state index in [1.165, 1.54) is 0 Å². The van der Waals surface area contributed by atoms with E-state index >= 15 is 0 Å². The highest BCUT2D eigenvalue weighted by molar-refractivity contribution is 5.78. The molecule has 0 saturated carbocycles. The van der Waals surface area contributed by atoms with Gasteiger partial charge in [-0.25, -0.2) is 0 Å². The zero-order chi connectivity index (χ0) is 13.5. The van der Waals surface area contributed by atoms with Gasteiger partial charge in [0.05, 0.1) is 6.54 Å². The van der Waals surface area contributed by atoms with Crippen molar-refractivity contribution < 1.29 is 14.7 Å². The van der Waals surface area contributed by atoms with Crippen molar-refractivity contribution in [2.45, 2.75) is 32.2 Å². The van der Waals surface area contributed by atoms with Crippen LogP contribution < -0.4 is 11.1 Å². The highest BCUT2D eigenvalue weighted by Crippen LogP contribution is 2.14. The number of likely N-dealkylation sites (tertiary alicyclic amines) is 1. The third kappa shape index (κ3) is 5.46. The van der Waals surface area contributed by atoms with Gasteiger partial charge in [-0.1, -0.05) is 6.92 Å². The van der Waals surface area contributed by atoms with Gasteiger partial charge in [0.1, 0.15) is 0 Å². The average Bonchev–Trinajstić information content (AvgIpc) is 2.29.